The van der Waals surface area contributed by atoms with Gasteiger partial charge in [0.1, 0.15) is 5.82 Å². The normalized spacial score (nSPS) is 12.7. The summed E-state index contributed by atoms with van der Waals surface area (Å²) in [5.41, 5.74) is 1.66. The van der Waals surface area contributed by atoms with Gasteiger partial charge in [0, 0.05) is 13.1 Å². The highest BCUT2D eigenvalue weighted by Crippen LogP contribution is 2.26. The van der Waals surface area contributed by atoms with Gasteiger partial charge < -0.3 is 9.72 Å². The molecule has 0 amide bonds. The Hall–Kier alpha value is -2.42. The highest BCUT2D eigenvalue weighted by molar-refractivity contribution is 7.89. The molecule has 6 nitrogen and oxygen atoms in total. The lowest BCUT2D eigenvalue weighted by Gasteiger charge is -2.18. The summed E-state index contributed by atoms with van der Waals surface area (Å²) in [6, 6.07) is 9.17. The number of aromatic amines is 1. The Morgan fingerprint density at radius 1 is 1.24 bits per heavy atom. The number of hydrogen-bond acceptors (Lipinski definition) is 4. The minimum atomic E-state index is -3.58. The van der Waals surface area contributed by atoms with Gasteiger partial charge in [-0.05, 0) is 42.0 Å². The highest BCUT2D eigenvalue weighted by atomic mass is 35.5. The Labute approximate surface area is 174 Å². The molecule has 29 heavy (non-hydrogen) atoms. The largest absolute Gasteiger partial charge is 0.494 e. The lowest BCUT2D eigenvalue weighted by Crippen LogP contribution is -2.30. The molecule has 0 fully saturated rings. The van der Waals surface area contributed by atoms with E-state index in [0.717, 1.165) is 0 Å². The molecule has 0 aliphatic heterocycles. The molecule has 1 heterocycles. The number of hydrogen-bond donors (Lipinski definition) is 1. The number of halogens is 2. The summed E-state index contributed by atoms with van der Waals surface area (Å²) in [5.74, 6) is 0.000745. The molecule has 1 aromatic heterocycles. The molecule has 0 spiro atoms. The van der Waals surface area contributed by atoms with Crippen molar-refractivity contribution in [3.05, 3.63) is 53.6 Å². The maximum absolute atomic E-state index is 13.9. The van der Waals surface area contributed by atoms with Gasteiger partial charge in [0.2, 0.25) is 10.0 Å². The first-order valence-corrected chi connectivity index (χ1v) is 10.8. The first-order chi connectivity index (χ1) is 13.8. The summed E-state index contributed by atoms with van der Waals surface area (Å²) in [7, 11) is -2.19. The number of fused-ring (bicyclic) bond motifs is 1. The second-order valence-electron chi connectivity index (χ2n) is 6.24. The molecule has 0 saturated carbocycles. The maximum Gasteiger partial charge on any atom is 0.243 e. The number of sulfonamides is 1. The Balaban J connectivity index is 1.96. The zero-order chi connectivity index (χ0) is 21.2. The van der Waals surface area contributed by atoms with E-state index < -0.39 is 15.8 Å². The van der Waals surface area contributed by atoms with Gasteiger partial charge in [0.25, 0.3) is 0 Å². The van der Waals surface area contributed by atoms with E-state index in [1.54, 1.807) is 32.1 Å². The summed E-state index contributed by atoms with van der Waals surface area (Å²) in [6.45, 7) is 4.36. The van der Waals surface area contributed by atoms with Crippen molar-refractivity contribution >= 4 is 43.8 Å². The van der Waals surface area contributed by atoms with Crippen LogP contribution in [0.5, 0.6) is 5.75 Å². The van der Waals surface area contributed by atoms with Crippen LogP contribution in [0.3, 0.4) is 0 Å². The van der Waals surface area contributed by atoms with Crippen LogP contribution in [0.4, 0.5) is 4.39 Å². The first-order valence-electron chi connectivity index (χ1n) is 9.01. The third-order valence-electron chi connectivity index (χ3n) is 4.49. The highest BCUT2D eigenvalue weighted by Gasteiger charge is 2.22. The fourth-order valence-corrected chi connectivity index (χ4v) is 4.66. The van der Waals surface area contributed by atoms with Crippen LogP contribution >= 0.6 is 11.6 Å². The molecule has 0 saturated heterocycles. The topological polar surface area (TPSA) is 75.3 Å². The number of aromatic nitrogens is 2. The summed E-state index contributed by atoms with van der Waals surface area (Å²) >= 11 is 6.35. The minimum absolute atomic E-state index is 0.143. The van der Waals surface area contributed by atoms with E-state index in [9.17, 15) is 12.8 Å². The molecule has 2 aromatic carbocycles. The number of nitrogens with zero attached hydrogens (tertiary/aromatic N) is 2. The molecule has 0 atom stereocenters. The van der Waals surface area contributed by atoms with Crippen LogP contribution in [0, 0.1) is 5.82 Å². The van der Waals surface area contributed by atoms with Gasteiger partial charge in [-0.25, -0.2) is 17.8 Å². The summed E-state index contributed by atoms with van der Waals surface area (Å²) in [4.78, 5) is 7.60. The van der Waals surface area contributed by atoms with E-state index >= 15 is 0 Å². The van der Waals surface area contributed by atoms with Crippen LogP contribution in [-0.4, -0.2) is 42.9 Å². The third-order valence-corrected chi connectivity index (χ3v) is 6.83. The van der Waals surface area contributed by atoms with Gasteiger partial charge in [-0.3, -0.25) is 0 Å². The average Bonchev–Trinajstić information content (AvgIpc) is 3.12. The standard InChI is InChI=1S/C20H21ClFN3O3S/c1-4-25(5-2)29(26,27)14-7-8-17-18(12-14)24-20(23-17)15(21)10-13-6-9-19(28-3)16(22)11-13/h6-12H,4-5H2,1-3H3,(H,23,24). The van der Waals surface area contributed by atoms with Gasteiger partial charge >= 0.3 is 0 Å². The van der Waals surface area contributed by atoms with Crippen molar-refractivity contribution in [3.63, 3.8) is 0 Å². The van der Waals surface area contributed by atoms with Crippen LogP contribution in [-0.2, 0) is 10.0 Å². The Kier molecular flexibility index (Phi) is 6.26. The third kappa shape index (κ3) is 4.29. The van der Waals surface area contributed by atoms with Crippen molar-refractivity contribution in [3.8, 4) is 5.75 Å². The monoisotopic (exact) mass is 437 g/mol. The van der Waals surface area contributed by atoms with Crippen molar-refractivity contribution in [2.24, 2.45) is 0 Å². The lowest BCUT2D eigenvalue weighted by molar-refractivity contribution is 0.386. The van der Waals surface area contributed by atoms with E-state index in [1.165, 1.54) is 35.7 Å². The number of imidazole rings is 1. The molecule has 0 aliphatic rings. The van der Waals surface area contributed by atoms with Gasteiger partial charge in [0.15, 0.2) is 11.6 Å². The molecule has 0 aliphatic carbocycles. The molecule has 3 rings (SSSR count). The fourth-order valence-electron chi connectivity index (χ4n) is 2.96. The SMILES string of the molecule is CCN(CC)S(=O)(=O)c1ccc2nc(C(Cl)=Cc3ccc(OC)c(F)c3)[nH]c2c1. The minimum Gasteiger partial charge on any atom is -0.494 e. The fraction of sp³-hybridized carbons (Fsp3) is 0.250. The zero-order valence-electron chi connectivity index (χ0n) is 16.2. The van der Waals surface area contributed by atoms with Crippen LogP contribution in [0.25, 0.3) is 22.1 Å². The van der Waals surface area contributed by atoms with Crippen molar-refractivity contribution in [1.29, 1.82) is 0 Å². The van der Waals surface area contributed by atoms with Crippen molar-refractivity contribution in [1.82, 2.24) is 14.3 Å². The number of nitrogens with one attached hydrogen (secondary N) is 1. The molecule has 0 bridgehead atoms. The second-order valence-corrected chi connectivity index (χ2v) is 8.59. The van der Waals surface area contributed by atoms with Crippen molar-refractivity contribution in [2.75, 3.05) is 20.2 Å². The summed E-state index contributed by atoms with van der Waals surface area (Å²) in [6.07, 6.45) is 1.56. The predicted octanol–water partition coefficient (Wildman–Crippen LogP) is 4.48. The Morgan fingerprint density at radius 3 is 2.59 bits per heavy atom. The molecule has 9 heteroatoms. The molecule has 0 radical (unpaired) electrons. The second kappa shape index (κ2) is 8.52. The van der Waals surface area contributed by atoms with E-state index in [4.69, 9.17) is 16.3 Å². The first kappa shape index (κ1) is 21.3. The Morgan fingerprint density at radius 2 is 1.97 bits per heavy atom. The lowest BCUT2D eigenvalue weighted by atomic mass is 10.2. The number of methoxy groups -OCH3 is 1. The van der Waals surface area contributed by atoms with Gasteiger partial charge in [-0.1, -0.05) is 31.5 Å². The molecular formula is C20H21ClFN3O3S. The molecule has 154 valence electrons. The number of rotatable bonds is 7. The van der Waals surface area contributed by atoms with Crippen LogP contribution in [0.1, 0.15) is 25.2 Å². The summed E-state index contributed by atoms with van der Waals surface area (Å²) < 4.78 is 45.6. The average molecular weight is 438 g/mol. The zero-order valence-corrected chi connectivity index (χ0v) is 17.8. The van der Waals surface area contributed by atoms with Crippen LogP contribution < -0.4 is 4.74 Å². The molecule has 1 N–H and O–H groups in total. The number of ether oxygens (including phenoxy) is 1. The van der Waals surface area contributed by atoms with E-state index in [1.807, 2.05) is 0 Å². The molecule has 0 unspecified atom stereocenters. The van der Waals surface area contributed by atoms with Crippen molar-refractivity contribution in [2.45, 2.75) is 18.7 Å². The Bertz CT molecular complexity index is 1170. The van der Waals surface area contributed by atoms with Crippen molar-refractivity contribution < 1.29 is 17.5 Å². The van der Waals surface area contributed by atoms with E-state index in [2.05, 4.69) is 9.97 Å². The van der Waals surface area contributed by atoms with Gasteiger partial charge in [0.05, 0.1) is 28.1 Å². The van der Waals surface area contributed by atoms with Gasteiger partial charge in [-0.15, -0.1) is 0 Å². The van der Waals surface area contributed by atoms with Crippen LogP contribution in [0.2, 0.25) is 0 Å². The summed E-state index contributed by atoms with van der Waals surface area (Å²) in [5, 5.41) is 0.263. The van der Waals surface area contributed by atoms with Gasteiger partial charge in [-0.2, -0.15) is 4.31 Å². The van der Waals surface area contributed by atoms with Crippen LogP contribution in [0.15, 0.2) is 41.3 Å². The predicted molar refractivity (Wildman–Crippen MR) is 113 cm³/mol. The number of H-pyrrole nitrogens is 1. The van der Waals surface area contributed by atoms with E-state index in [0.29, 0.717) is 35.5 Å². The number of benzene rings is 2. The maximum atomic E-state index is 13.9. The van der Waals surface area contributed by atoms with E-state index in [-0.39, 0.29) is 15.7 Å². The molecule has 3 aromatic rings. The quantitative estimate of drug-likeness (QED) is 0.591. The smallest absolute Gasteiger partial charge is 0.243 e. The molecular weight excluding hydrogens is 417 g/mol.